The predicted molar refractivity (Wildman–Crippen MR) is 65.8 cm³/mol. The van der Waals surface area contributed by atoms with Gasteiger partial charge in [0.25, 0.3) is 5.91 Å². The maximum Gasteiger partial charge on any atom is 0.252 e. The standard InChI is InChI=1S/C11H14N2O3S/c1-2-6-16-8-10(15)13-11-12-7-9(17-11)4-3-5-14/h7,14H,2,5-6,8H2,1H3,(H,12,13,15). The van der Waals surface area contributed by atoms with Crippen LogP contribution in [0.3, 0.4) is 0 Å². The van der Waals surface area contributed by atoms with Crippen LogP contribution in [0.25, 0.3) is 0 Å². The molecule has 0 bridgehead atoms. The SMILES string of the molecule is CCCOCC(=O)Nc1ncc(C#CCO)s1. The molecule has 92 valence electrons. The Labute approximate surface area is 104 Å². The summed E-state index contributed by atoms with van der Waals surface area (Å²) in [5.41, 5.74) is 0. The summed E-state index contributed by atoms with van der Waals surface area (Å²) in [7, 11) is 0. The lowest BCUT2D eigenvalue weighted by Gasteiger charge is -2.01. The molecule has 0 aliphatic carbocycles. The van der Waals surface area contributed by atoms with E-state index in [2.05, 4.69) is 22.1 Å². The molecule has 0 unspecified atom stereocenters. The van der Waals surface area contributed by atoms with Gasteiger partial charge in [0.2, 0.25) is 0 Å². The zero-order valence-corrected chi connectivity index (χ0v) is 10.3. The number of thiazole rings is 1. The zero-order valence-electron chi connectivity index (χ0n) is 9.52. The van der Waals surface area contributed by atoms with Gasteiger partial charge in [-0.3, -0.25) is 10.1 Å². The van der Waals surface area contributed by atoms with Crippen LogP contribution < -0.4 is 5.32 Å². The number of rotatable bonds is 5. The minimum atomic E-state index is -0.227. The van der Waals surface area contributed by atoms with Crippen molar-refractivity contribution < 1.29 is 14.6 Å². The van der Waals surface area contributed by atoms with E-state index < -0.39 is 0 Å². The molecule has 0 fully saturated rings. The summed E-state index contributed by atoms with van der Waals surface area (Å²) in [6.07, 6.45) is 2.43. The van der Waals surface area contributed by atoms with E-state index in [1.807, 2.05) is 6.92 Å². The van der Waals surface area contributed by atoms with Gasteiger partial charge in [-0.15, -0.1) is 0 Å². The van der Waals surface area contributed by atoms with Crippen molar-refractivity contribution in [1.29, 1.82) is 0 Å². The first-order valence-electron chi connectivity index (χ1n) is 5.19. The highest BCUT2D eigenvalue weighted by Crippen LogP contribution is 2.16. The van der Waals surface area contributed by atoms with Gasteiger partial charge in [0.05, 0.1) is 11.1 Å². The number of nitrogens with zero attached hydrogens (tertiary/aromatic N) is 1. The number of nitrogens with one attached hydrogen (secondary N) is 1. The van der Waals surface area contributed by atoms with Crippen LogP contribution in [0.4, 0.5) is 5.13 Å². The van der Waals surface area contributed by atoms with Crippen LogP contribution in [0.15, 0.2) is 6.20 Å². The molecule has 0 spiro atoms. The molecule has 1 rings (SSSR count). The number of amides is 1. The lowest BCUT2D eigenvalue weighted by molar-refractivity contribution is -0.120. The first kappa shape index (κ1) is 13.6. The number of aliphatic hydroxyl groups is 1. The average molecular weight is 254 g/mol. The highest BCUT2D eigenvalue weighted by Gasteiger charge is 2.05. The number of aliphatic hydroxyl groups excluding tert-OH is 1. The van der Waals surface area contributed by atoms with Crippen LogP contribution in [-0.4, -0.2) is 35.8 Å². The van der Waals surface area contributed by atoms with Crippen LogP contribution in [0.2, 0.25) is 0 Å². The fourth-order valence-electron chi connectivity index (χ4n) is 0.981. The third kappa shape index (κ3) is 5.45. The number of ether oxygens (including phenoxy) is 1. The van der Waals surface area contributed by atoms with Gasteiger partial charge in [-0.2, -0.15) is 0 Å². The topological polar surface area (TPSA) is 71.5 Å². The van der Waals surface area contributed by atoms with Crippen LogP contribution in [0.5, 0.6) is 0 Å². The highest BCUT2D eigenvalue weighted by atomic mass is 32.1. The van der Waals surface area contributed by atoms with E-state index in [1.165, 1.54) is 11.3 Å². The number of anilines is 1. The summed E-state index contributed by atoms with van der Waals surface area (Å²) >= 11 is 1.26. The predicted octanol–water partition coefficient (Wildman–Crippen LogP) is 0.852. The maximum absolute atomic E-state index is 11.4. The van der Waals surface area contributed by atoms with E-state index in [0.29, 0.717) is 16.6 Å². The van der Waals surface area contributed by atoms with Gasteiger partial charge in [-0.1, -0.05) is 30.1 Å². The van der Waals surface area contributed by atoms with Crippen LogP contribution in [0, 0.1) is 11.8 Å². The molecule has 0 atom stereocenters. The molecule has 17 heavy (non-hydrogen) atoms. The molecule has 0 aromatic carbocycles. The van der Waals surface area contributed by atoms with Crippen molar-refractivity contribution in [2.75, 3.05) is 25.1 Å². The zero-order chi connectivity index (χ0) is 12.5. The summed E-state index contributed by atoms with van der Waals surface area (Å²) in [6, 6.07) is 0. The van der Waals surface area contributed by atoms with Crippen molar-refractivity contribution in [1.82, 2.24) is 4.98 Å². The first-order chi connectivity index (χ1) is 8.26. The van der Waals surface area contributed by atoms with Gasteiger partial charge in [-0.25, -0.2) is 4.98 Å². The quantitative estimate of drug-likeness (QED) is 0.603. The third-order valence-corrected chi connectivity index (χ3v) is 2.45. The highest BCUT2D eigenvalue weighted by molar-refractivity contribution is 7.16. The molecular weight excluding hydrogens is 240 g/mol. The molecule has 1 heterocycles. The molecule has 2 N–H and O–H groups in total. The van der Waals surface area contributed by atoms with Gasteiger partial charge < -0.3 is 9.84 Å². The number of hydrogen-bond donors (Lipinski definition) is 2. The summed E-state index contributed by atoms with van der Waals surface area (Å²) in [6.45, 7) is 2.39. The molecule has 1 aromatic heterocycles. The molecule has 5 nitrogen and oxygen atoms in total. The summed E-state index contributed by atoms with van der Waals surface area (Å²) < 4.78 is 5.09. The minimum Gasteiger partial charge on any atom is -0.384 e. The molecule has 0 aliphatic rings. The van der Waals surface area contributed by atoms with Crippen molar-refractivity contribution in [3.8, 4) is 11.8 Å². The van der Waals surface area contributed by atoms with Gasteiger partial charge in [0.15, 0.2) is 5.13 Å². The Morgan fingerprint density at radius 3 is 3.24 bits per heavy atom. The Morgan fingerprint density at radius 1 is 1.71 bits per heavy atom. The van der Waals surface area contributed by atoms with Crippen LogP contribution >= 0.6 is 11.3 Å². The number of hydrogen-bond acceptors (Lipinski definition) is 5. The van der Waals surface area contributed by atoms with Crippen molar-refractivity contribution in [3.63, 3.8) is 0 Å². The van der Waals surface area contributed by atoms with E-state index in [-0.39, 0.29) is 19.1 Å². The molecule has 0 saturated heterocycles. The largest absolute Gasteiger partial charge is 0.384 e. The second kappa shape index (κ2) is 7.79. The van der Waals surface area contributed by atoms with E-state index in [0.717, 1.165) is 6.42 Å². The molecular formula is C11H14N2O3S. The maximum atomic E-state index is 11.4. The van der Waals surface area contributed by atoms with Crippen LogP contribution in [0.1, 0.15) is 18.2 Å². The Hall–Kier alpha value is -1.42. The monoisotopic (exact) mass is 254 g/mol. The molecule has 0 aliphatic heterocycles. The summed E-state index contributed by atoms with van der Waals surface area (Å²) in [5, 5.41) is 11.6. The van der Waals surface area contributed by atoms with Crippen molar-refractivity contribution in [2.24, 2.45) is 0 Å². The lowest BCUT2D eigenvalue weighted by Crippen LogP contribution is -2.18. The summed E-state index contributed by atoms with van der Waals surface area (Å²) in [4.78, 5) is 16.0. The molecule has 0 radical (unpaired) electrons. The minimum absolute atomic E-state index is 0.0328. The molecule has 0 saturated carbocycles. The van der Waals surface area contributed by atoms with Gasteiger partial charge in [0.1, 0.15) is 13.2 Å². The Kier molecular flexibility index (Phi) is 6.25. The third-order valence-electron chi connectivity index (χ3n) is 1.62. The van der Waals surface area contributed by atoms with Gasteiger partial charge in [0, 0.05) is 6.61 Å². The van der Waals surface area contributed by atoms with Gasteiger partial charge in [-0.05, 0) is 6.42 Å². The second-order valence-electron chi connectivity index (χ2n) is 3.09. The van der Waals surface area contributed by atoms with Crippen molar-refractivity contribution in [2.45, 2.75) is 13.3 Å². The van der Waals surface area contributed by atoms with Crippen molar-refractivity contribution in [3.05, 3.63) is 11.1 Å². The molecule has 6 heteroatoms. The second-order valence-corrected chi connectivity index (χ2v) is 4.12. The number of carbonyl (C=O) groups is 1. The van der Waals surface area contributed by atoms with Crippen LogP contribution in [-0.2, 0) is 9.53 Å². The van der Waals surface area contributed by atoms with E-state index >= 15 is 0 Å². The normalized spacial score (nSPS) is 9.53. The smallest absolute Gasteiger partial charge is 0.252 e. The first-order valence-corrected chi connectivity index (χ1v) is 6.01. The molecule has 1 amide bonds. The number of aromatic nitrogens is 1. The van der Waals surface area contributed by atoms with Crippen molar-refractivity contribution >= 4 is 22.4 Å². The fourth-order valence-corrected chi connectivity index (χ4v) is 1.69. The Morgan fingerprint density at radius 2 is 2.53 bits per heavy atom. The van der Waals surface area contributed by atoms with Gasteiger partial charge >= 0.3 is 0 Å². The van der Waals surface area contributed by atoms with E-state index in [4.69, 9.17) is 9.84 Å². The van der Waals surface area contributed by atoms with E-state index in [9.17, 15) is 4.79 Å². The fraction of sp³-hybridized carbons (Fsp3) is 0.455. The van der Waals surface area contributed by atoms with E-state index in [1.54, 1.807) is 6.20 Å². The summed E-state index contributed by atoms with van der Waals surface area (Å²) in [5.74, 6) is 5.00. The Balaban J connectivity index is 2.40. The average Bonchev–Trinajstić information content (AvgIpc) is 2.74. The Bertz CT molecular complexity index is 420. The molecule has 1 aromatic rings. The lowest BCUT2D eigenvalue weighted by atomic mass is 10.5. The number of carbonyl (C=O) groups excluding carboxylic acids is 1.